The van der Waals surface area contributed by atoms with Crippen LogP contribution in [0.3, 0.4) is 0 Å². The third-order valence-electron chi connectivity index (χ3n) is 2.35. The first kappa shape index (κ1) is 11.7. The SMILES string of the molecule is CN/C=C\C(=C/S)c1cnc2cccnc2c1. The monoisotopic (exact) mass is 243 g/mol. The minimum atomic E-state index is 0.885. The van der Waals surface area contributed by atoms with Crippen LogP contribution in [-0.2, 0) is 0 Å². The van der Waals surface area contributed by atoms with E-state index in [9.17, 15) is 0 Å². The first-order chi connectivity index (χ1) is 8.35. The van der Waals surface area contributed by atoms with Crippen LogP contribution in [0.4, 0.5) is 0 Å². The predicted octanol–water partition coefficient (Wildman–Crippen LogP) is 2.63. The summed E-state index contributed by atoms with van der Waals surface area (Å²) in [6.07, 6.45) is 7.39. The molecule has 2 rings (SSSR count). The molecule has 86 valence electrons. The lowest BCUT2D eigenvalue weighted by molar-refractivity contribution is 1.10. The van der Waals surface area contributed by atoms with Crippen molar-refractivity contribution in [1.82, 2.24) is 15.3 Å². The molecular weight excluding hydrogens is 230 g/mol. The molecule has 0 unspecified atom stereocenters. The van der Waals surface area contributed by atoms with Gasteiger partial charge in [0.15, 0.2) is 0 Å². The van der Waals surface area contributed by atoms with Crippen LogP contribution in [0.25, 0.3) is 16.6 Å². The number of hydrogen-bond acceptors (Lipinski definition) is 4. The van der Waals surface area contributed by atoms with Gasteiger partial charge in [0, 0.05) is 25.0 Å². The van der Waals surface area contributed by atoms with Gasteiger partial charge in [-0.3, -0.25) is 9.97 Å². The number of nitrogens with one attached hydrogen (secondary N) is 1. The van der Waals surface area contributed by atoms with Crippen molar-refractivity contribution >= 4 is 29.2 Å². The molecule has 2 heterocycles. The number of pyridine rings is 2. The highest BCUT2D eigenvalue weighted by Gasteiger charge is 2.01. The Morgan fingerprint density at radius 3 is 3.00 bits per heavy atom. The van der Waals surface area contributed by atoms with Crippen molar-refractivity contribution in [2.75, 3.05) is 7.05 Å². The zero-order valence-electron chi connectivity index (χ0n) is 9.46. The quantitative estimate of drug-likeness (QED) is 0.643. The third-order valence-corrected chi connectivity index (χ3v) is 2.63. The molecule has 0 fully saturated rings. The second-order valence-electron chi connectivity index (χ2n) is 3.47. The summed E-state index contributed by atoms with van der Waals surface area (Å²) in [4.78, 5) is 8.65. The topological polar surface area (TPSA) is 37.8 Å². The molecule has 0 bridgehead atoms. The van der Waals surface area contributed by atoms with Gasteiger partial charge in [-0.05, 0) is 41.5 Å². The van der Waals surface area contributed by atoms with Crippen LogP contribution >= 0.6 is 12.6 Å². The Hall–Kier alpha value is -1.81. The maximum Gasteiger partial charge on any atom is 0.0892 e. The zero-order chi connectivity index (χ0) is 12.1. The highest BCUT2D eigenvalue weighted by atomic mass is 32.1. The van der Waals surface area contributed by atoms with Crippen LogP contribution < -0.4 is 5.32 Å². The van der Waals surface area contributed by atoms with Crippen LogP contribution in [0.1, 0.15) is 5.56 Å². The lowest BCUT2D eigenvalue weighted by Gasteiger charge is -2.03. The third kappa shape index (κ3) is 2.65. The number of rotatable bonds is 3. The Labute approximate surface area is 106 Å². The van der Waals surface area contributed by atoms with Gasteiger partial charge in [-0.2, -0.15) is 12.6 Å². The van der Waals surface area contributed by atoms with Crippen LogP contribution in [-0.4, -0.2) is 17.0 Å². The average molecular weight is 243 g/mol. The fraction of sp³-hybridized carbons (Fsp3) is 0.0769. The van der Waals surface area contributed by atoms with Crippen LogP contribution in [0.15, 0.2) is 48.3 Å². The van der Waals surface area contributed by atoms with Crippen LogP contribution in [0.2, 0.25) is 0 Å². The van der Waals surface area contributed by atoms with Crippen molar-refractivity contribution in [1.29, 1.82) is 0 Å². The molecule has 0 aliphatic carbocycles. The second kappa shape index (κ2) is 5.50. The number of hydrogen-bond donors (Lipinski definition) is 2. The molecule has 0 atom stereocenters. The van der Waals surface area contributed by atoms with E-state index in [-0.39, 0.29) is 0 Å². The molecule has 0 aromatic carbocycles. The van der Waals surface area contributed by atoms with Gasteiger partial charge in [-0.15, -0.1) is 0 Å². The molecule has 0 saturated carbocycles. The van der Waals surface area contributed by atoms with E-state index in [2.05, 4.69) is 27.9 Å². The maximum atomic E-state index is 4.37. The average Bonchev–Trinajstić information content (AvgIpc) is 2.39. The van der Waals surface area contributed by atoms with Gasteiger partial charge in [-0.1, -0.05) is 0 Å². The van der Waals surface area contributed by atoms with E-state index in [0.717, 1.165) is 22.2 Å². The van der Waals surface area contributed by atoms with E-state index in [1.807, 2.05) is 43.7 Å². The Morgan fingerprint density at radius 2 is 2.24 bits per heavy atom. The standard InChI is InChI=1S/C13H13N3S/c1-14-6-4-10(9-17)11-7-13-12(16-8-11)3-2-5-15-13/h2-9,14,17H,1H3/b6-4-,10-9+. The molecular formula is C13H13N3S. The fourth-order valence-electron chi connectivity index (χ4n) is 1.50. The Balaban J connectivity index is 2.45. The normalized spacial score (nSPS) is 12.2. The number of nitrogens with zero attached hydrogens (tertiary/aromatic N) is 2. The predicted molar refractivity (Wildman–Crippen MR) is 74.7 cm³/mol. The van der Waals surface area contributed by atoms with Crippen molar-refractivity contribution < 1.29 is 0 Å². The van der Waals surface area contributed by atoms with Gasteiger partial charge in [0.1, 0.15) is 0 Å². The van der Waals surface area contributed by atoms with Gasteiger partial charge in [0.2, 0.25) is 0 Å². The van der Waals surface area contributed by atoms with E-state index in [4.69, 9.17) is 0 Å². The summed E-state index contributed by atoms with van der Waals surface area (Å²) in [6.45, 7) is 0. The second-order valence-corrected chi connectivity index (χ2v) is 3.73. The molecule has 17 heavy (non-hydrogen) atoms. The van der Waals surface area contributed by atoms with Gasteiger partial charge in [0.25, 0.3) is 0 Å². The number of aromatic nitrogens is 2. The van der Waals surface area contributed by atoms with Gasteiger partial charge in [0.05, 0.1) is 11.0 Å². The Kier molecular flexibility index (Phi) is 3.77. The molecule has 0 aliphatic rings. The van der Waals surface area contributed by atoms with Crippen LogP contribution in [0.5, 0.6) is 0 Å². The Bertz CT molecular complexity index is 576. The van der Waals surface area contributed by atoms with E-state index in [1.165, 1.54) is 0 Å². The summed E-state index contributed by atoms with van der Waals surface area (Å²) in [5, 5.41) is 4.70. The van der Waals surface area contributed by atoms with Crippen molar-refractivity contribution in [3.63, 3.8) is 0 Å². The fourth-order valence-corrected chi connectivity index (χ4v) is 1.73. The summed E-state index contributed by atoms with van der Waals surface area (Å²) in [5.74, 6) is 0. The molecule has 2 aromatic heterocycles. The smallest absolute Gasteiger partial charge is 0.0892 e. The summed E-state index contributed by atoms with van der Waals surface area (Å²) in [6, 6.07) is 5.83. The molecule has 0 amide bonds. The first-order valence-corrected chi connectivity index (χ1v) is 5.76. The lowest BCUT2D eigenvalue weighted by Crippen LogP contribution is -1.92. The molecule has 0 radical (unpaired) electrons. The molecule has 4 heteroatoms. The molecule has 0 spiro atoms. The van der Waals surface area contributed by atoms with E-state index < -0.39 is 0 Å². The molecule has 2 aromatic rings. The van der Waals surface area contributed by atoms with Crippen molar-refractivity contribution in [2.24, 2.45) is 0 Å². The molecule has 0 saturated heterocycles. The molecule has 0 aliphatic heterocycles. The number of allylic oxidation sites excluding steroid dienone is 2. The molecule has 1 N–H and O–H groups in total. The Morgan fingerprint density at radius 1 is 1.35 bits per heavy atom. The lowest BCUT2D eigenvalue weighted by atomic mass is 10.1. The van der Waals surface area contributed by atoms with Crippen molar-refractivity contribution in [3.8, 4) is 0 Å². The van der Waals surface area contributed by atoms with E-state index >= 15 is 0 Å². The van der Waals surface area contributed by atoms with Gasteiger partial charge < -0.3 is 5.32 Å². The summed E-state index contributed by atoms with van der Waals surface area (Å²) in [7, 11) is 1.85. The number of thiol groups is 1. The van der Waals surface area contributed by atoms with Gasteiger partial charge in [-0.25, -0.2) is 0 Å². The van der Waals surface area contributed by atoms with Crippen molar-refractivity contribution in [2.45, 2.75) is 0 Å². The summed E-state index contributed by atoms with van der Waals surface area (Å²) in [5.41, 5.74) is 3.77. The number of fused-ring (bicyclic) bond motifs is 1. The van der Waals surface area contributed by atoms with E-state index in [1.54, 1.807) is 11.6 Å². The van der Waals surface area contributed by atoms with E-state index in [0.29, 0.717) is 0 Å². The first-order valence-electron chi connectivity index (χ1n) is 5.24. The minimum absolute atomic E-state index is 0.885. The highest BCUT2D eigenvalue weighted by molar-refractivity contribution is 7.83. The maximum absolute atomic E-state index is 4.37. The largest absolute Gasteiger partial charge is 0.394 e. The summed E-state index contributed by atoms with van der Waals surface area (Å²) >= 11 is 4.20. The van der Waals surface area contributed by atoms with Crippen molar-refractivity contribution in [3.05, 3.63) is 53.8 Å². The molecule has 3 nitrogen and oxygen atoms in total. The highest BCUT2D eigenvalue weighted by Crippen LogP contribution is 2.19. The minimum Gasteiger partial charge on any atom is -0.394 e. The summed E-state index contributed by atoms with van der Waals surface area (Å²) < 4.78 is 0. The zero-order valence-corrected chi connectivity index (χ0v) is 10.4. The van der Waals surface area contributed by atoms with Gasteiger partial charge >= 0.3 is 0 Å². The van der Waals surface area contributed by atoms with Crippen LogP contribution in [0, 0.1) is 0 Å².